The van der Waals surface area contributed by atoms with Crippen molar-refractivity contribution >= 4 is 49.8 Å². The van der Waals surface area contributed by atoms with E-state index in [9.17, 15) is 18.3 Å². The van der Waals surface area contributed by atoms with Crippen molar-refractivity contribution in [2.24, 2.45) is 10.2 Å². The molecular weight excluding hydrogens is 392 g/mol. The molecule has 0 spiro atoms. The fourth-order valence-electron chi connectivity index (χ4n) is 2.51. The van der Waals surface area contributed by atoms with E-state index in [1.165, 1.54) is 12.1 Å². The van der Waals surface area contributed by atoms with Crippen molar-refractivity contribution in [3.05, 3.63) is 53.6 Å². The molecule has 0 unspecified atom stereocenters. The van der Waals surface area contributed by atoms with Crippen molar-refractivity contribution in [3.8, 4) is 5.88 Å². The molecule has 1 heterocycles. The van der Waals surface area contributed by atoms with E-state index < -0.39 is 22.5 Å². The quantitative estimate of drug-likeness (QED) is 0.629. The zero-order chi connectivity index (χ0) is 19.6. The van der Waals surface area contributed by atoms with Gasteiger partial charge in [0.2, 0.25) is 15.9 Å². The Morgan fingerprint density at radius 3 is 2.67 bits per heavy atom. The number of nitrogens with one attached hydrogen (secondary N) is 1. The van der Waals surface area contributed by atoms with E-state index in [2.05, 4.69) is 15.2 Å². The van der Waals surface area contributed by atoms with Gasteiger partial charge < -0.3 is 10.1 Å². The number of hydrogen-bond donors (Lipinski definition) is 2. The molecule has 0 aliphatic heterocycles. The molecular formula is C17H15ClN4O4S. The number of aromatic nitrogens is 1. The van der Waals surface area contributed by atoms with E-state index in [4.69, 9.17) is 11.6 Å². The topological polar surface area (TPSA) is 115 Å². The van der Waals surface area contributed by atoms with Gasteiger partial charge in [0, 0.05) is 10.4 Å². The summed E-state index contributed by atoms with van der Waals surface area (Å²) in [5.74, 6) is -1.03. The number of H-pyrrole nitrogens is 1. The molecule has 0 atom stereocenters. The van der Waals surface area contributed by atoms with E-state index in [1.807, 2.05) is 0 Å². The van der Waals surface area contributed by atoms with Gasteiger partial charge in [-0.25, -0.2) is 8.42 Å². The predicted molar refractivity (Wildman–Crippen MR) is 103 cm³/mol. The summed E-state index contributed by atoms with van der Waals surface area (Å²) in [5, 5.41) is 18.2. The van der Waals surface area contributed by atoms with Crippen LogP contribution in [0.5, 0.6) is 5.88 Å². The average molecular weight is 407 g/mol. The van der Waals surface area contributed by atoms with Crippen LogP contribution in [0.15, 0.2) is 58.8 Å². The van der Waals surface area contributed by atoms with Gasteiger partial charge in [-0.2, -0.15) is 0 Å². The molecule has 2 N–H and O–H groups in total. The monoisotopic (exact) mass is 406 g/mol. The number of anilines is 1. The summed E-state index contributed by atoms with van der Waals surface area (Å²) >= 11 is 5.90. The minimum Gasteiger partial charge on any atom is -0.493 e. The Labute approximate surface area is 160 Å². The highest BCUT2D eigenvalue weighted by Crippen LogP contribution is 2.35. The summed E-state index contributed by atoms with van der Waals surface area (Å²) in [4.78, 5) is 14.9. The molecule has 1 aromatic heterocycles. The van der Waals surface area contributed by atoms with Crippen LogP contribution in [0.25, 0.3) is 10.9 Å². The number of carbonyl (C=O) groups excluding carboxylic acids is 1. The van der Waals surface area contributed by atoms with Crippen molar-refractivity contribution in [3.63, 3.8) is 0 Å². The number of benzene rings is 2. The molecule has 0 saturated carbocycles. The Balaban J connectivity index is 1.86. The van der Waals surface area contributed by atoms with Gasteiger partial charge in [0.1, 0.15) is 6.54 Å². The SMILES string of the molecule is CS(=O)(=O)N(CC(=O)N=Nc1c(O)[nH]c2ccccc12)c1cccc(Cl)c1. The maximum Gasteiger partial charge on any atom is 0.285 e. The van der Waals surface area contributed by atoms with Gasteiger partial charge in [0.15, 0.2) is 5.69 Å². The van der Waals surface area contributed by atoms with E-state index in [-0.39, 0.29) is 17.3 Å². The van der Waals surface area contributed by atoms with Gasteiger partial charge in [-0.1, -0.05) is 35.9 Å². The summed E-state index contributed by atoms with van der Waals surface area (Å²) in [6.07, 6.45) is 0.976. The van der Waals surface area contributed by atoms with Crippen LogP contribution in [-0.4, -0.2) is 37.2 Å². The predicted octanol–water partition coefficient (Wildman–Crippen LogP) is 3.60. The van der Waals surface area contributed by atoms with Gasteiger partial charge in [0.05, 0.1) is 17.5 Å². The maximum atomic E-state index is 12.2. The van der Waals surface area contributed by atoms with Gasteiger partial charge in [-0.15, -0.1) is 10.2 Å². The van der Waals surface area contributed by atoms with E-state index >= 15 is 0 Å². The zero-order valence-corrected chi connectivity index (χ0v) is 15.7. The molecule has 0 saturated heterocycles. The van der Waals surface area contributed by atoms with E-state index in [0.717, 1.165) is 10.6 Å². The molecule has 140 valence electrons. The lowest BCUT2D eigenvalue weighted by atomic mass is 10.2. The fraction of sp³-hybridized carbons (Fsp3) is 0.118. The van der Waals surface area contributed by atoms with E-state index in [0.29, 0.717) is 15.9 Å². The Hall–Kier alpha value is -2.91. The number of para-hydroxylation sites is 1. The highest BCUT2D eigenvalue weighted by molar-refractivity contribution is 7.92. The van der Waals surface area contributed by atoms with Crippen molar-refractivity contribution in [1.82, 2.24) is 4.98 Å². The standard InChI is InChI=1S/C17H15ClN4O4S/c1-27(25,26)22(12-6-4-5-11(18)9-12)10-15(23)20-21-16-13-7-2-3-8-14(13)19-17(16)24/h2-9,19,24H,10H2,1H3. The van der Waals surface area contributed by atoms with Crippen LogP contribution in [-0.2, 0) is 14.8 Å². The van der Waals surface area contributed by atoms with Crippen LogP contribution in [0.1, 0.15) is 0 Å². The highest BCUT2D eigenvalue weighted by atomic mass is 35.5. The first-order valence-corrected chi connectivity index (χ1v) is 9.96. The van der Waals surface area contributed by atoms with Crippen LogP contribution in [0.2, 0.25) is 5.02 Å². The van der Waals surface area contributed by atoms with Gasteiger partial charge in [-0.05, 0) is 24.3 Å². The van der Waals surface area contributed by atoms with Crippen molar-refractivity contribution in [1.29, 1.82) is 0 Å². The third-order valence-corrected chi connectivity index (χ3v) is 5.07. The van der Waals surface area contributed by atoms with E-state index in [1.54, 1.807) is 36.4 Å². The highest BCUT2D eigenvalue weighted by Gasteiger charge is 2.21. The summed E-state index contributed by atoms with van der Waals surface area (Å²) in [7, 11) is -3.75. The average Bonchev–Trinajstić information content (AvgIpc) is 2.92. The summed E-state index contributed by atoms with van der Waals surface area (Å²) in [5.41, 5.74) is 0.976. The van der Waals surface area contributed by atoms with Crippen LogP contribution in [0.4, 0.5) is 11.4 Å². The molecule has 0 fully saturated rings. The number of azo groups is 1. The first-order valence-electron chi connectivity index (χ1n) is 7.73. The lowest BCUT2D eigenvalue weighted by Crippen LogP contribution is -2.34. The normalized spacial score (nSPS) is 11.9. The second kappa shape index (κ2) is 7.37. The molecule has 10 heteroatoms. The third-order valence-electron chi connectivity index (χ3n) is 3.70. The summed E-state index contributed by atoms with van der Waals surface area (Å²) in [6, 6.07) is 13.1. The van der Waals surface area contributed by atoms with Crippen LogP contribution < -0.4 is 4.31 Å². The van der Waals surface area contributed by atoms with Crippen molar-refractivity contribution in [2.75, 3.05) is 17.1 Å². The minimum atomic E-state index is -3.75. The number of hydrogen-bond acceptors (Lipinski definition) is 5. The number of aromatic hydroxyl groups is 1. The first-order chi connectivity index (χ1) is 12.8. The molecule has 27 heavy (non-hydrogen) atoms. The molecule has 0 radical (unpaired) electrons. The van der Waals surface area contributed by atoms with Crippen LogP contribution in [0, 0.1) is 0 Å². The number of carbonyl (C=O) groups is 1. The number of amides is 1. The Bertz CT molecular complexity index is 1140. The molecule has 2 aromatic carbocycles. The Kier molecular flexibility index (Phi) is 5.15. The molecule has 1 amide bonds. The number of aromatic amines is 1. The fourth-order valence-corrected chi connectivity index (χ4v) is 3.53. The molecule has 0 bridgehead atoms. The number of rotatable bonds is 5. The molecule has 0 aliphatic rings. The van der Waals surface area contributed by atoms with Gasteiger partial charge >= 0.3 is 0 Å². The zero-order valence-electron chi connectivity index (χ0n) is 14.1. The first kappa shape index (κ1) is 18.9. The lowest BCUT2D eigenvalue weighted by Gasteiger charge is -2.20. The Morgan fingerprint density at radius 1 is 1.22 bits per heavy atom. The van der Waals surface area contributed by atoms with Crippen molar-refractivity contribution in [2.45, 2.75) is 0 Å². The van der Waals surface area contributed by atoms with Gasteiger partial charge in [0.25, 0.3) is 5.91 Å². The maximum absolute atomic E-state index is 12.2. The summed E-state index contributed by atoms with van der Waals surface area (Å²) < 4.78 is 25.0. The Morgan fingerprint density at radius 2 is 1.96 bits per heavy atom. The van der Waals surface area contributed by atoms with Gasteiger partial charge in [-0.3, -0.25) is 9.10 Å². The lowest BCUT2D eigenvalue weighted by molar-refractivity contribution is -0.116. The second-order valence-corrected chi connectivity index (χ2v) is 8.05. The smallest absolute Gasteiger partial charge is 0.285 e. The minimum absolute atomic E-state index is 0.104. The third kappa shape index (κ3) is 4.26. The number of sulfonamides is 1. The molecule has 0 aliphatic carbocycles. The molecule has 8 nitrogen and oxygen atoms in total. The number of halogens is 1. The van der Waals surface area contributed by atoms with Crippen molar-refractivity contribution < 1.29 is 18.3 Å². The van der Waals surface area contributed by atoms with Crippen LogP contribution in [0.3, 0.4) is 0 Å². The van der Waals surface area contributed by atoms with Crippen LogP contribution >= 0.6 is 11.6 Å². The largest absolute Gasteiger partial charge is 0.493 e. The number of fused-ring (bicyclic) bond motifs is 1. The summed E-state index contributed by atoms with van der Waals surface area (Å²) in [6.45, 7) is -0.550. The molecule has 3 aromatic rings. The number of nitrogens with zero attached hydrogens (tertiary/aromatic N) is 3. The second-order valence-electron chi connectivity index (χ2n) is 5.71. The molecule has 3 rings (SSSR count).